The molecular formula is C14H13F2NO. The minimum Gasteiger partial charge on any atom is -0.451 e. The molecule has 0 heterocycles. The number of hydrogen-bond acceptors (Lipinski definition) is 2. The average Bonchev–Trinajstić information content (AvgIpc) is 2.26. The molecule has 2 N–H and O–H groups in total. The van der Waals surface area contributed by atoms with Crippen molar-refractivity contribution in [1.29, 1.82) is 0 Å². The van der Waals surface area contributed by atoms with Gasteiger partial charge in [0.05, 0.1) is 0 Å². The van der Waals surface area contributed by atoms with Crippen molar-refractivity contribution in [3.63, 3.8) is 0 Å². The molecule has 0 radical (unpaired) electrons. The number of rotatable bonds is 2. The number of ether oxygens (including phenoxy) is 1. The van der Waals surface area contributed by atoms with Gasteiger partial charge in [-0.25, -0.2) is 8.78 Å². The van der Waals surface area contributed by atoms with Gasteiger partial charge in [0.1, 0.15) is 5.75 Å². The van der Waals surface area contributed by atoms with Crippen LogP contribution in [0.3, 0.4) is 0 Å². The second-order valence-electron chi connectivity index (χ2n) is 4.14. The molecule has 0 saturated carbocycles. The van der Waals surface area contributed by atoms with E-state index in [4.69, 9.17) is 10.5 Å². The Bertz CT molecular complexity index is 553. The summed E-state index contributed by atoms with van der Waals surface area (Å²) in [6.07, 6.45) is 0. The van der Waals surface area contributed by atoms with Crippen molar-refractivity contribution in [2.75, 3.05) is 5.73 Å². The van der Waals surface area contributed by atoms with Gasteiger partial charge in [-0.15, -0.1) is 0 Å². The Labute approximate surface area is 104 Å². The first-order valence-electron chi connectivity index (χ1n) is 5.47. The van der Waals surface area contributed by atoms with Crippen molar-refractivity contribution in [3.05, 3.63) is 53.1 Å². The van der Waals surface area contributed by atoms with E-state index in [2.05, 4.69) is 0 Å². The highest BCUT2D eigenvalue weighted by Crippen LogP contribution is 2.33. The van der Waals surface area contributed by atoms with Crippen LogP contribution in [-0.2, 0) is 0 Å². The highest BCUT2D eigenvalue weighted by molar-refractivity contribution is 5.48. The van der Waals surface area contributed by atoms with Gasteiger partial charge in [-0.1, -0.05) is 18.2 Å². The summed E-state index contributed by atoms with van der Waals surface area (Å²) in [6.45, 7) is 3.63. The van der Waals surface area contributed by atoms with Crippen molar-refractivity contribution in [1.82, 2.24) is 0 Å². The Kier molecular flexibility index (Phi) is 3.19. The maximum Gasteiger partial charge on any atom is 0.198 e. The zero-order valence-corrected chi connectivity index (χ0v) is 10.1. The third kappa shape index (κ3) is 2.27. The summed E-state index contributed by atoms with van der Waals surface area (Å²) < 4.78 is 32.6. The monoisotopic (exact) mass is 249 g/mol. The minimum atomic E-state index is -0.810. The summed E-state index contributed by atoms with van der Waals surface area (Å²) in [7, 11) is 0. The molecule has 0 amide bonds. The Morgan fingerprint density at radius 3 is 1.94 bits per heavy atom. The van der Waals surface area contributed by atoms with E-state index in [0.717, 1.165) is 23.3 Å². The molecule has 2 aromatic rings. The second kappa shape index (κ2) is 4.64. The lowest BCUT2D eigenvalue weighted by molar-refractivity contribution is 0.403. The number of benzene rings is 2. The first-order valence-corrected chi connectivity index (χ1v) is 5.47. The van der Waals surface area contributed by atoms with Gasteiger partial charge < -0.3 is 10.5 Å². The topological polar surface area (TPSA) is 35.2 Å². The molecule has 0 aliphatic carbocycles. The molecule has 0 unspecified atom stereocenters. The molecule has 0 spiro atoms. The van der Waals surface area contributed by atoms with E-state index in [-0.39, 0.29) is 5.69 Å². The van der Waals surface area contributed by atoms with E-state index in [1.165, 1.54) is 0 Å². The lowest BCUT2D eigenvalue weighted by atomic mass is 10.1. The molecule has 4 heteroatoms. The standard InChI is InChI=1S/C14H13F2NO/c1-8-4-3-5-9(2)13(8)18-14-11(15)6-10(17)7-12(14)16/h3-7H,17H2,1-2H3. The fraction of sp³-hybridized carbons (Fsp3) is 0.143. The van der Waals surface area contributed by atoms with E-state index in [1.54, 1.807) is 0 Å². The van der Waals surface area contributed by atoms with E-state index >= 15 is 0 Å². The second-order valence-corrected chi connectivity index (χ2v) is 4.14. The van der Waals surface area contributed by atoms with Gasteiger partial charge in [-0.2, -0.15) is 0 Å². The first kappa shape index (κ1) is 12.4. The zero-order chi connectivity index (χ0) is 13.3. The zero-order valence-electron chi connectivity index (χ0n) is 10.1. The van der Waals surface area contributed by atoms with Crippen LogP contribution in [-0.4, -0.2) is 0 Å². The number of nitrogen functional groups attached to an aromatic ring is 1. The molecule has 0 aliphatic rings. The van der Waals surface area contributed by atoms with Gasteiger partial charge in [0.15, 0.2) is 17.4 Å². The third-order valence-electron chi connectivity index (χ3n) is 2.63. The Morgan fingerprint density at radius 1 is 0.944 bits per heavy atom. The SMILES string of the molecule is Cc1cccc(C)c1Oc1c(F)cc(N)cc1F. The molecule has 2 aromatic carbocycles. The van der Waals surface area contributed by atoms with Crippen molar-refractivity contribution >= 4 is 5.69 Å². The first-order chi connectivity index (χ1) is 8.49. The largest absolute Gasteiger partial charge is 0.451 e. The van der Waals surface area contributed by atoms with Crippen LogP contribution in [0, 0.1) is 25.5 Å². The molecule has 0 fully saturated rings. The van der Waals surface area contributed by atoms with Crippen LogP contribution in [0.5, 0.6) is 11.5 Å². The number of anilines is 1. The highest BCUT2D eigenvalue weighted by atomic mass is 19.1. The maximum absolute atomic E-state index is 13.6. The smallest absolute Gasteiger partial charge is 0.198 e. The van der Waals surface area contributed by atoms with Crippen molar-refractivity contribution in [3.8, 4) is 11.5 Å². The fourth-order valence-electron chi connectivity index (χ4n) is 1.74. The summed E-state index contributed by atoms with van der Waals surface area (Å²) in [5.74, 6) is -1.59. The van der Waals surface area contributed by atoms with Gasteiger partial charge in [-0.3, -0.25) is 0 Å². The van der Waals surface area contributed by atoms with E-state index in [1.807, 2.05) is 32.0 Å². The van der Waals surface area contributed by atoms with Crippen LogP contribution < -0.4 is 10.5 Å². The van der Waals surface area contributed by atoms with Crippen LogP contribution >= 0.6 is 0 Å². The summed E-state index contributed by atoms with van der Waals surface area (Å²) in [4.78, 5) is 0. The Hall–Kier alpha value is -2.10. The molecular weight excluding hydrogens is 236 g/mol. The van der Waals surface area contributed by atoms with Crippen molar-refractivity contribution in [2.45, 2.75) is 13.8 Å². The highest BCUT2D eigenvalue weighted by Gasteiger charge is 2.14. The van der Waals surface area contributed by atoms with Crippen LogP contribution in [0.2, 0.25) is 0 Å². The van der Waals surface area contributed by atoms with Crippen molar-refractivity contribution < 1.29 is 13.5 Å². The number of aryl methyl sites for hydroxylation is 2. The summed E-state index contributed by atoms with van der Waals surface area (Å²) in [5.41, 5.74) is 6.99. The number of nitrogens with two attached hydrogens (primary N) is 1. The van der Waals surface area contributed by atoms with E-state index < -0.39 is 17.4 Å². The fourth-order valence-corrected chi connectivity index (χ4v) is 1.74. The molecule has 18 heavy (non-hydrogen) atoms. The molecule has 2 rings (SSSR count). The maximum atomic E-state index is 13.6. The van der Waals surface area contributed by atoms with Gasteiger partial charge in [0.25, 0.3) is 0 Å². The summed E-state index contributed by atoms with van der Waals surface area (Å²) >= 11 is 0. The van der Waals surface area contributed by atoms with E-state index in [0.29, 0.717) is 5.75 Å². The Balaban J connectivity index is 2.47. The van der Waals surface area contributed by atoms with Crippen LogP contribution in [0.1, 0.15) is 11.1 Å². The minimum absolute atomic E-state index is 0.0267. The third-order valence-corrected chi connectivity index (χ3v) is 2.63. The molecule has 94 valence electrons. The molecule has 0 atom stereocenters. The summed E-state index contributed by atoms with van der Waals surface area (Å²) in [6, 6.07) is 7.55. The van der Waals surface area contributed by atoms with Gasteiger partial charge >= 0.3 is 0 Å². The lowest BCUT2D eigenvalue weighted by Gasteiger charge is -2.13. The molecule has 0 aliphatic heterocycles. The molecule has 0 bridgehead atoms. The normalized spacial score (nSPS) is 10.4. The van der Waals surface area contributed by atoms with Gasteiger partial charge in [0.2, 0.25) is 0 Å². The predicted molar refractivity (Wildman–Crippen MR) is 66.8 cm³/mol. The van der Waals surface area contributed by atoms with Gasteiger partial charge in [0, 0.05) is 17.8 Å². The number of para-hydroxylation sites is 1. The number of hydrogen-bond donors (Lipinski definition) is 1. The molecule has 2 nitrogen and oxygen atoms in total. The quantitative estimate of drug-likeness (QED) is 0.818. The number of halogens is 2. The van der Waals surface area contributed by atoms with Crippen molar-refractivity contribution in [2.24, 2.45) is 0 Å². The summed E-state index contributed by atoms with van der Waals surface area (Å²) in [5, 5.41) is 0. The predicted octanol–water partition coefficient (Wildman–Crippen LogP) is 3.96. The Morgan fingerprint density at radius 2 is 1.44 bits per heavy atom. The van der Waals surface area contributed by atoms with Crippen LogP contribution in [0.4, 0.5) is 14.5 Å². The molecule has 0 saturated heterocycles. The van der Waals surface area contributed by atoms with Crippen LogP contribution in [0.25, 0.3) is 0 Å². The lowest BCUT2D eigenvalue weighted by Crippen LogP contribution is -1.98. The molecule has 0 aromatic heterocycles. The van der Waals surface area contributed by atoms with E-state index in [9.17, 15) is 8.78 Å². The van der Waals surface area contributed by atoms with Gasteiger partial charge in [-0.05, 0) is 25.0 Å². The van der Waals surface area contributed by atoms with Crippen LogP contribution in [0.15, 0.2) is 30.3 Å². The average molecular weight is 249 g/mol.